The molecule has 2 heteroatoms. The monoisotopic (exact) mass is 698 g/mol. The van der Waals surface area contributed by atoms with E-state index in [1.165, 1.54) is 77.2 Å². The first-order valence-electron chi connectivity index (χ1n) is 18.7. The van der Waals surface area contributed by atoms with Crippen molar-refractivity contribution in [1.82, 2.24) is 0 Å². The first-order chi connectivity index (χ1) is 25.9. The van der Waals surface area contributed by atoms with Gasteiger partial charge >= 0.3 is 0 Å². The molecule has 0 amide bonds. The van der Waals surface area contributed by atoms with E-state index < -0.39 is 7.14 Å². The van der Waals surface area contributed by atoms with E-state index in [1.54, 1.807) is 0 Å². The lowest BCUT2D eigenvalue weighted by atomic mass is 9.67. The van der Waals surface area contributed by atoms with E-state index in [1.807, 2.05) is 60.7 Å². The third-order valence-electron chi connectivity index (χ3n) is 11.9. The molecule has 0 N–H and O–H groups in total. The highest BCUT2D eigenvalue weighted by molar-refractivity contribution is 7.85. The minimum atomic E-state index is -3.01. The molecule has 0 saturated heterocycles. The molecule has 2 aliphatic carbocycles. The van der Waals surface area contributed by atoms with Gasteiger partial charge in [-0.1, -0.05) is 190 Å². The standard InChI is InChI=1S/C51H39OP/c1-51(2)46-22-12-11-20-44(46)49-43-19-10-9-18-42(43)48(45-21-13-23-47(51)50(45)49)38-27-26-36-32-35(24-25-37(36)33-38)34-28-30-41(31-29-34)53(52,39-14-5-3-6-15-39)40-16-7-4-8-17-40/h3-23,26-33H,24-25H2,1-2H3. The van der Waals surface area contributed by atoms with E-state index in [-0.39, 0.29) is 5.41 Å². The molecule has 0 radical (unpaired) electrons. The lowest BCUT2D eigenvalue weighted by molar-refractivity contribution is 0.592. The zero-order valence-electron chi connectivity index (χ0n) is 30.0. The van der Waals surface area contributed by atoms with Gasteiger partial charge in [0, 0.05) is 21.3 Å². The molecule has 0 unspecified atom stereocenters. The van der Waals surface area contributed by atoms with Crippen LogP contribution in [0.3, 0.4) is 0 Å². The molecule has 0 aromatic heterocycles. The smallest absolute Gasteiger partial charge is 0.171 e. The van der Waals surface area contributed by atoms with E-state index >= 15 is 0 Å². The number of aryl methyl sites for hydroxylation is 1. The van der Waals surface area contributed by atoms with Crippen LogP contribution in [0.4, 0.5) is 0 Å². The van der Waals surface area contributed by atoms with Gasteiger partial charge < -0.3 is 4.57 Å². The SMILES string of the molecule is CC1(C)c2ccccc2-c2c3ccccc3c(-c3ccc4c(c3)CCC(c3ccc(P(=O)(c5ccccc5)c5ccccc5)cc3)=C4)c3cccc1c23. The Morgan fingerprint density at radius 2 is 1.06 bits per heavy atom. The Hall–Kier alpha value is -5.75. The topological polar surface area (TPSA) is 17.1 Å². The molecule has 2 aliphatic rings. The fourth-order valence-electron chi connectivity index (χ4n) is 9.22. The van der Waals surface area contributed by atoms with Crippen LogP contribution in [0, 0.1) is 0 Å². The zero-order chi connectivity index (χ0) is 35.7. The summed E-state index contributed by atoms with van der Waals surface area (Å²) in [6.07, 6.45) is 4.30. The van der Waals surface area contributed by atoms with Gasteiger partial charge in [-0.3, -0.25) is 0 Å². The van der Waals surface area contributed by atoms with Crippen molar-refractivity contribution >= 4 is 56.2 Å². The van der Waals surface area contributed by atoms with Crippen LogP contribution in [0.15, 0.2) is 170 Å². The Balaban J connectivity index is 1.06. The molecule has 0 heterocycles. The molecule has 8 aromatic rings. The van der Waals surface area contributed by atoms with Crippen LogP contribution in [-0.2, 0) is 16.4 Å². The largest absolute Gasteiger partial charge is 0.309 e. The van der Waals surface area contributed by atoms with Crippen LogP contribution in [0.1, 0.15) is 48.1 Å². The van der Waals surface area contributed by atoms with Crippen molar-refractivity contribution in [1.29, 1.82) is 0 Å². The van der Waals surface area contributed by atoms with E-state index in [2.05, 4.69) is 129 Å². The molecular weight excluding hydrogens is 660 g/mol. The third-order valence-corrected chi connectivity index (χ3v) is 14.9. The second kappa shape index (κ2) is 12.2. The van der Waals surface area contributed by atoms with Crippen LogP contribution in [-0.4, -0.2) is 0 Å². The van der Waals surface area contributed by atoms with Crippen molar-refractivity contribution in [2.24, 2.45) is 0 Å². The van der Waals surface area contributed by atoms with Gasteiger partial charge in [0.05, 0.1) is 0 Å². The van der Waals surface area contributed by atoms with Crippen molar-refractivity contribution in [3.63, 3.8) is 0 Å². The quantitative estimate of drug-likeness (QED) is 0.129. The molecule has 0 saturated carbocycles. The molecule has 0 aliphatic heterocycles. The van der Waals surface area contributed by atoms with Gasteiger partial charge in [-0.05, 0) is 90.0 Å². The summed E-state index contributed by atoms with van der Waals surface area (Å²) < 4.78 is 14.9. The average Bonchev–Trinajstić information content (AvgIpc) is 3.22. The lowest BCUT2D eigenvalue weighted by Crippen LogP contribution is -2.24. The van der Waals surface area contributed by atoms with Crippen molar-refractivity contribution in [3.05, 3.63) is 198 Å². The van der Waals surface area contributed by atoms with Gasteiger partial charge in [-0.15, -0.1) is 0 Å². The molecule has 0 bridgehead atoms. The fourth-order valence-corrected chi connectivity index (χ4v) is 11.9. The number of rotatable bonds is 5. The molecule has 254 valence electrons. The van der Waals surface area contributed by atoms with Crippen molar-refractivity contribution in [3.8, 4) is 22.3 Å². The maximum absolute atomic E-state index is 14.9. The summed E-state index contributed by atoms with van der Waals surface area (Å²) in [6, 6.07) is 60.3. The minimum absolute atomic E-state index is 0.0991. The predicted molar refractivity (Wildman–Crippen MR) is 226 cm³/mol. The summed E-state index contributed by atoms with van der Waals surface area (Å²) in [5.74, 6) is 0. The Bertz CT molecular complexity index is 2770. The van der Waals surface area contributed by atoms with Crippen molar-refractivity contribution in [2.45, 2.75) is 32.1 Å². The van der Waals surface area contributed by atoms with Gasteiger partial charge in [0.25, 0.3) is 0 Å². The number of fused-ring (bicyclic) bond motifs is 5. The Morgan fingerprint density at radius 3 is 1.77 bits per heavy atom. The molecule has 0 spiro atoms. The molecule has 8 aromatic carbocycles. The first-order valence-corrected chi connectivity index (χ1v) is 20.4. The molecule has 10 rings (SSSR count). The van der Waals surface area contributed by atoms with Gasteiger partial charge in [-0.25, -0.2) is 0 Å². The molecular formula is C51H39OP. The highest BCUT2D eigenvalue weighted by Crippen LogP contribution is 2.53. The van der Waals surface area contributed by atoms with Crippen molar-refractivity contribution < 1.29 is 4.57 Å². The van der Waals surface area contributed by atoms with E-state index in [0.29, 0.717) is 0 Å². The maximum Gasteiger partial charge on any atom is 0.171 e. The molecule has 0 atom stereocenters. The maximum atomic E-state index is 14.9. The van der Waals surface area contributed by atoms with Gasteiger partial charge in [0.1, 0.15) is 0 Å². The summed E-state index contributed by atoms with van der Waals surface area (Å²) in [4.78, 5) is 0. The third kappa shape index (κ3) is 4.88. The second-order valence-corrected chi connectivity index (χ2v) is 17.9. The summed E-state index contributed by atoms with van der Waals surface area (Å²) in [7, 11) is -3.01. The van der Waals surface area contributed by atoms with Gasteiger partial charge in [-0.2, -0.15) is 0 Å². The number of allylic oxidation sites excluding steroid dienone is 1. The predicted octanol–water partition coefficient (Wildman–Crippen LogP) is 12.1. The van der Waals surface area contributed by atoms with Gasteiger partial charge in [0.15, 0.2) is 7.14 Å². The first kappa shape index (κ1) is 31.9. The van der Waals surface area contributed by atoms with Crippen LogP contribution in [0.5, 0.6) is 0 Å². The molecule has 53 heavy (non-hydrogen) atoms. The fraction of sp³-hybridized carbons (Fsp3) is 0.0980. The van der Waals surface area contributed by atoms with Crippen LogP contribution < -0.4 is 15.9 Å². The average molecular weight is 699 g/mol. The van der Waals surface area contributed by atoms with Crippen LogP contribution in [0.25, 0.3) is 55.4 Å². The number of hydrogen-bond donors (Lipinski definition) is 0. The number of hydrogen-bond acceptors (Lipinski definition) is 1. The minimum Gasteiger partial charge on any atom is -0.309 e. The highest BCUT2D eigenvalue weighted by atomic mass is 31.2. The number of benzene rings is 8. The summed E-state index contributed by atoms with van der Waals surface area (Å²) in [5, 5.41) is 7.91. The molecule has 0 fully saturated rings. The Labute approximate surface area is 311 Å². The summed E-state index contributed by atoms with van der Waals surface area (Å²) in [5.41, 5.74) is 13.2. The summed E-state index contributed by atoms with van der Waals surface area (Å²) in [6.45, 7) is 4.75. The zero-order valence-corrected chi connectivity index (χ0v) is 30.9. The normalized spacial score (nSPS) is 14.4. The Kier molecular flexibility index (Phi) is 7.33. The highest BCUT2D eigenvalue weighted by Gasteiger charge is 2.35. The molecule has 1 nitrogen and oxygen atoms in total. The second-order valence-electron chi connectivity index (χ2n) is 15.1. The van der Waals surface area contributed by atoms with E-state index in [9.17, 15) is 4.57 Å². The van der Waals surface area contributed by atoms with Gasteiger partial charge in [0.2, 0.25) is 0 Å². The Morgan fingerprint density at radius 1 is 0.491 bits per heavy atom. The van der Waals surface area contributed by atoms with Crippen LogP contribution >= 0.6 is 7.14 Å². The lowest BCUT2D eigenvalue weighted by Gasteiger charge is -2.36. The van der Waals surface area contributed by atoms with E-state index in [0.717, 1.165) is 28.8 Å². The van der Waals surface area contributed by atoms with Crippen LogP contribution in [0.2, 0.25) is 0 Å². The van der Waals surface area contributed by atoms with E-state index in [4.69, 9.17) is 0 Å². The van der Waals surface area contributed by atoms with Crippen molar-refractivity contribution in [2.75, 3.05) is 0 Å². The summed E-state index contributed by atoms with van der Waals surface area (Å²) >= 11 is 0.